The van der Waals surface area contributed by atoms with E-state index in [-0.39, 0.29) is 36.0 Å². The maximum absolute atomic E-state index is 13.4. The summed E-state index contributed by atoms with van der Waals surface area (Å²) in [5.74, 6) is -5.98. The van der Waals surface area contributed by atoms with Gasteiger partial charge in [-0.05, 0) is 12.8 Å². The largest absolute Gasteiger partial charge is 0.370 e. The standard InChI is InChI=1S/C13H15F4N3.HI/c14-9-5-10(15)12(17)11(16)8(9)6-19-13(18)20-7-3-1-2-4-7;/h5,7H,1-4,6H2,(H3,18,19,20);1H. The molecule has 0 aromatic heterocycles. The second-order valence-electron chi connectivity index (χ2n) is 4.77. The Morgan fingerprint density at radius 2 is 1.76 bits per heavy atom. The zero-order valence-corrected chi connectivity index (χ0v) is 13.5. The van der Waals surface area contributed by atoms with E-state index in [1.807, 2.05) is 0 Å². The van der Waals surface area contributed by atoms with Crippen molar-refractivity contribution in [3.05, 3.63) is 34.9 Å². The minimum absolute atomic E-state index is 0. The molecule has 1 fully saturated rings. The van der Waals surface area contributed by atoms with Crippen LogP contribution < -0.4 is 11.1 Å². The van der Waals surface area contributed by atoms with Crippen LogP contribution in [0.3, 0.4) is 0 Å². The Morgan fingerprint density at radius 1 is 1.14 bits per heavy atom. The first-order valence-corrected chi connectivity index (χ1v) is 6.37. The zero-order chi connectivity index (χ0) is 14.7. The number of guanidine groups is 1. The summed E-state index contributed by atoms with van der Waals surface area (Å²) in [5.41, 5.74) is 4.96. The number of hydrogen-bond acceptors (Lipinski definition) is 1. The van der Waals surface area contributed by atoms with Crippen LogP contribution in [0.25, 0.3) is 0 Å². The average molecular weight is 417 g/mol. The van der Waals surface area contributed by atoms with Crippen LogP contribution >= 0.6 is 24.0 Å². The quantitative estimate of drug-likeness (QED) is 0.198. The van der Waals surface area contributed by atoms with Gasteiger partial charge in [0.05, 0.1) is 6.54 Å². The molecule has 1 aromatic carbocycles. The Hall–Kier alpha value is -1.06. The summed E-state index contributed by atoms with van der Waals surface area (Å²) in [6.45, 7) is -0.486. The van der Waals surface area contributed by atoms with Crippen LogP contribution in [-0.2, 0) is 6.54 Å². The van der Waals surface area contributed by atoms with Crippen LogP contribution in [0.5, 0.6) is 0 Å². The molecule has 118 valence electrons. The van der Waals surface area contributed by atoms with Gasteiger partial charge < -0.3 is 11.1 Å². The van der Waals surface area contributed by atoms with Gasteiger partial charge in [0.15, 0.2) is 23.4 Å². The van der Waals surface area contributed by atoms with Crippen molar-refractivity contribution in [3.8, 4) is 0 Å². The Morgan fingerprint density at radius 3 is 2.38 bits per heavy atom. The van der Waals surface area contributed by atoms with Gasteiger partial charge in [-0.2, -0.15) is 0 Å². The van der Waals surface area contributed by atoms with E-state index >= 15 is 0 Å². The molecule has 1 aromatic rings. The van der Waals surface area contributed by atoms with Crippen LogP contribution in [-0.4, -0.2) is 12.0 Å². The van der Waals surface area contributed by atoms with Gasteiger partial charge in [-0.15, -0.1) is 24.0 Å². The van der Waals surface area contributed by atoms with Gasteiger partial charge in [-0.1, -0.05) is 12.8 Å². The van der Waals surface area contributed by atoms with Gasteiger partial charge >= 0.3 is 0 Å². The van der Waals surface area contributed by atoms with Crippen molar-refractivity contribution >= 4 is 29.9 Å². The summed E-state index contributed by atoms with van der Waals surface area (Å²) in [7, 11) is 0. The van der Waals surface area contributed by atoms with E-state index in [2.05, 4.69) is 10.3 Å². The van der Waals surface area contributed by atoms with Gasteiger partial charge in [0.1, 0.15) is 5.82 Å². The number of nitrogens with zero attached hydrogens (tertiary/aromatic N) is 1. The highest BCUT2D eigenvalue weighted by atomic mass is 127. The lowest BCUT2D eigenvalue weighted by molar-refractivity contribution is 0.425. The number of benzene rings is 1. The highest BCUT2D eigenvalue weighted by molar-refractivity contribution is 14.0. The summed E-state index contributed by atoms with van der Waals surface area (Å²) < 4.78 is 52.5. The Kier molecular flexibility index (Phi) is 6.69. The van der Waals surface area contributed by atoms with Crippen LogP contribution in [0.1, 0.15) is 31.2 Å². The van der Waals surface area contributed by atoms with Crippen molar-refractivity contribution < 1.29 is 17.6 Å². The molecule has 0 bridgehead atoms. The molecule has 1 saturated carbocycles. The molecule has 0 heterocycles. The summed E-state index contributed by atoms with van der Waals surface area (Å²) in [6, 6.07) is 0.502. The van der Waals surface area contributed by atoms with Crippen molar-refractivity contribution in [2.75, 3.05) is 0 Å². The minimum Gasteiger partial charge on any atom is -0.370 e. The maximum atomic E-state index is 13.4. The first-order chi connectivity index (χ1) is 9.49. The maximum Gasteiger partial charge on any atom is 0.194 e. The number of aliphatic imine (C=N–C) groups is 1. The van der Waals surface area contributed by atoms with Gasteiger partial charge in [0, 0.05) is 17.7 Å². The van der Waals surface area contributed by atoms with E-state index in [1.54, 1.807) is 0 Å². The van der Waals surface area contributed by atoms with Crippen LogP contribution in [0.2, 0.25) is 0 Å². The number of rotatable bonds is 3. The van der Waals surface area contributed by atoms with Gasteiger partial charge in [0.2, 0.25) is 0 Å². The minimum atomic E-state index is -1.71. The molecule has 21 heavy (non-hydrogen) atoms. The second kappa shape index (κ2) is 7.81. The van der Waals surface area contributed by atoms with Gasteiger partial charge in [0.25, 0.3) is 0 Å². The molecule has 1 aliphatic rings. The normalized spacial score (nSPS) is 15.9. The van der Waals surface area contributed by atoms with Crippen LogP contribution in [0.15, 0.2) is 11.1 Å². The van der Waals surface area contributed by atoms with E-state index in [9.17, 15) is 17.6 Å². The monoisotopic (exact) mass is 417 g/mol. The lowest BCUT2D eigenvalue weighted by Gasteiger charge is -2.12. The molecule has 0 amide bonds. The molecule has 0 aliphatic heterocycles. The van der Waals surface area contributed by atoms with Crippen molar-refractivity contribution in [2.24, 2.45) is 10.7 Å². The van der Waals surface area contributed by atoms with Crippen molar-refractivity contribution in [3.63, 3.8) is 0 Å². The molecule has 0 radical (unpaired) electrons. The van der Waals surface area contributed by atoms with Crippen molar-refractivity contribution in [2.45, 2.75) is 38.3 Å². The Balaban J connectivity index is 0.00000220. The van der Waals surface area contributed by atoms with E-state index in [0.717, 1.165) is 25.7 Å². The fraction of sp³-hybridized carbons (Fsp3) is 0.462. The number of halogens is 5. The third kappa shape index (κ3) is 4.45. The fourth-order valence-corrected chi connectivity index (χ4v) is 2.24. The summed E-state index contributed by atoms with van der Waals surface area (Å²) in [5, 5.41) is 2.93. The summed E-state index contributed by atoms with van der Waals surface area (Å²) >= 11 is 0. The Labute approximate surface area is 137 Å². The van der Waals surface area contributed by atoms with Gasteiger partial charge in [-0.3, -0.25) is 0 Å². The molecule has 3 nitrogen and oxygen atoms in total. The lowest BCUT2D eigenvalue weighted by Crippen LogP contribution is -2.38. The first kappa shape index (κ1) is 18.0. The second-order valence-corrected chi connectivity index (χ2v) is 4.77. The smallest absolute Gasteiger partial charge is 0.194 e. The SMILES string of the molecule is I.NC(=NCc1c(F)cc(F)c(F)c1F)NC1CCCC1. The molecule has 0 unspecified atom stereocenters. The molecular weight excluding hydrogens is 401 g/mol. The van der Waals surface area contributed by atoms with Crippen molar-refractivity contribution in [1.82, 2.24) is 5.32 Å². The highest BCUT2D eigenvalue weighted by Crippen LogP contribution is 2.20. The lowest BCUT2D eigenvalue weighted by atomic mass is 10.2. The van der Waals surface area contributed by atoms with E-state index in [1.165, 1.54) is 0 Å². The molecule has 1 aliphatic carbocycles. The molecule has 3 N–H and O–H groups in total. The molecule has 0 saturated heterocycles. The Bertz CT molecular complexity index is 531. The van der Waals surface area contributed by atoms with Gasteiger partial charge in [-0.25, -0.2) is 22.6 Å². The van der Waals surface area contributed by atoms with Crippen LogP contribution in [0.4, 0.5) is 17.6 Å². The predicted molar refractivity (Wildman–Crippen MR) is 82.4 cm³/mol. The highest BCUT2D eigenvalue weighted by Gasteiger charge is 2.19. The number of nitrogens with one attached hydrogen (secondary N) is 1. The van der Waals surface area contributed by atoms with E-state index in [4.69, 9.17) is 5.73 Å². The number of nitrogens with two attached hydrogens (primary N) is 1. The fourth-order valence-electron chi connectivity index (χ4n) is 2.24. The third-order valence-corrected chi connectivity index (χ3v) is 3.32. The first-order valence-electron chi connectivity index (χ1n) is 6.37. The van der Waals surface area contributed by atoms with E-state index in [0.29, 0.717) is 6.07 Å². The summed E-state index contributed by atoms with van der Waals surface area (Å²) in [4.78, 5) is 3.76. The number of hydrogen-bond donors (Lipinski definition) is 2. The summed E-state index contributed by atoms with van der Waals surface area (Å²) in [6.07, 6.45) is 4.11. The topological polar surface area (TPSA) is 50.4 Å². The third-order valence-electron chi connectivity index (χ3n) is 3.32. The molecule has 0 spiro atoms. The molecule has 8 heteroatoms. The predicted octanol–water partition coefficient (Wildman–Crippen LogP) is 3.21. The van der Waals surface area contributed by atoms with Crippen molar-refractivity contribution in [1.29, 1.82) is 0 Å². The molecular formula is C13H16F4IN3. The van der Waals surface area contributed by atoms with E-state index < -0.39 is 35.4 Å². The average Bonchev–Trinajstić information content (AvgIpc) is 2.88. The van der Waals surface area contributed by atoms with Crippen LogP contribution in [0, 0.1) is 23.3 Å². The molecule has 0 atom stereocenters. The molecule has 2 rings (SSSR count). The zero-order valence-electron chi connectivity index (χ0n) is 11.1.